The van der Waals surface area contributed by atoms with Gasteiger partial charge in [-0.15, -0.1) is 0 Å². The third-order valence-electron chi connectivity index (χ3n) is 7.22. The molecule has 1 heterocycles. The van der Waals surface area contributed by atoms with E-state index in [2.05, 4.69) is 76.0 Å². The van der Waals surface area contributed by atoms with Crippen LogP contribution in [-0.4, -0.2) is 23.7 Å². The van der Waals surface area contributed by atoms with Gasteiger partial charge >= 0.3 is 5.97 Å². The van der Waals surface area contributed by atoms with Gasteiger partial charge in [0, 0.05) is 22.6 Å². The van der Waals surface area contributed by atoms with Crippen LogP contribution in [0.5, 0.6) is 0 Å². The van der Waals surface area contributed by atoms with E-state index in [0.29, 0.717) is 11.1 Å². The molecule has 1 N–H and O–H groups in total. The van der Waals surface area contributed by atoms with E-state index in [1.54, 1.807) is 6.07 Å². The van der Waals surface area contributed by atoms with Crippen molar-refractivity contribution in [3.63, 3.8) is 0 Å². The van der Waals surface area contributed by atoms with E-state index in [0.717, 1.165) is 44.3 Å². The number of carbonyl (C=O) groups excluding carboxylic acids is 1. The zero-order chi connectivity index (χ0) is 27.9. The van der Waals surface area contributed by atoms with E-state index in [-0.39, 0.29) is 5.56 Å². The number of aromatic nitrogens is 1. The van der Waals surface area contributed by atoms with Crippen molar-refractivity contribution >= 4 is 16.9 Å². The van der Waals surface area contributed by atoms with Crippen LogP contribution in [0.2, 0.25) is 0 Å². The molecule has 38 heavy (non-hydrogen) atoms. The highest BCUT2D eigenvalue weighted by Gasteiger charge is 2.34. The van der Waals surface area contributed by atoms with Crippen LogP contribution in [0.15, 0.2) is 53.3 Å². The SMILES string of the molecule is COC(=O)C(OC(C)(C)C)c1c(-c2ccc(C)c(C)c2)c(C)c(-c2ccc(C)c(C)c2)c2[nH]c(=O)ccc12. The van der Waals surface area contributed by atoms with Gasteiger partial charge in [0.05, 0.1) is 18.2 Å². The van der Waals surface area contributed by atoms with Crippen molar-refractivity contribution in [3.05, 3.63) is 92.3 Å². The highest BCUT2D eigenvalue weighted by Crippen LogP contribution is 2.45. The molecule has 0 fully saturated rings. The van der Waals surface area contributed by atoms with Crippen LogP contribution >= 0.6 is 0 Å². The van der Waals surface area contributed by atoms with Gasteiger partial charge in [0.15, 0.2) is 6.10 Å². The van der Waals surface area contributed by atoms with Gasteiger partial charge in [-0.2, -0.15) is 0 Å². The summed E-state index contributed by atoms with van der Waals surface area (Å²) < 4.78 is 11.7. The minimum Gasteiger partial charge on any atom is -0.467 e. The first-order chi connectivity index (χ1) is 17.8. The highest BCUT2D eigenvalue weighted by atomic mass is 16.6. The molecular formula is C33H37NO4. The Morgan fingerprint density at radius 3 is 1.84 bits per heavy atom. The number of pyridine rings is 1. The number of esters is 1. The molecule has 1 atom stereocenters. The average Bonchev–Trinajstić information content (AvgIpc) is 2.84. The molecule has 0 saturated heterocycles. The lowest BCUT2D eigenvalue weighted by molar-refractivity contribution is -0.164. The molecule has 0 bridgehead atoms. The minimum atomic E-state index is -1.00. The molecule has 1 aromatic heterocycles. The first-order valence-electron chi connectivity index (χ1n) is 12.9. The molecular weight excluding hydrogens is 474 g/mol. The van der Waals surface area contributed by atoms with Crippen molar-refractivity contribution in [2.45, 2.75) is 67.1 Å². The maximum Gasteiger partial charge on any atom is 0.339 e. The van der Waals surface area contributed by atoms with Crippen molar-refractivity contribution in [1.82, 2.24) is 4.98 Å². The van der Waals surface area contributed by atoms with Crippen LogP contribution < -0.4 is 5.56 Å². The summed E-state index contributed by atoms with van der Waals surface area (Å²) in [6, 6.07) is 16.0. The number of hydrogen-bond donors (Lipinski definition) is 1. The van der Waals surface area contributed by atoms with Crippen LogP contribution in [0.1, 0.15) is 60.3 Å². The summed E-state index contributed by atoms with van der Waals surface area (Å²) in [5, 5.41) is 0.747. The Labute approximate surface area is 224 Å². The van der Waals surface area contributed by atoms with Gasteiger partial charge in [-0.25, -0.2) is 4.79 Å². The van der Waals surface area contributed by atoms with Gasteiger partial charge in [-0.1, -0.05) is 36.4 Å². The Bertz CT molecular complexity index is 1600. The number of H-pyrrole nitrogens is 1. The second-order valence-electron chi connectivity index (χ2n) is 11.1. The number of ether oxygens (including phenoxy) is 2. The van der Waals surface area contributed by atoms with Gasteiger partial charge in [0.1, 0.15) is 0 Å². The summed E-state index contributed by atoms with van der Waals surface area (Å²) >= 11 is 0. The quantitative estimate of drug-likeness (QED) is 0.283. The minimum absolute atomic E-state index is 0.210. The van der Waals surface area contributed by atoms with E-state index in [1.165, 1.54) is 24.3 Å². The number of fused-ring (bicyclic) bond motifs is 1. The lowest BCUT2D eigenvalue weighted by Gasteiger charge is -2.30. The summed E-state index contributed by atoms with van der Waals surface area (Å²) in [4.78, 5) is 29.1. The topological polar surface area (TPSA) is 68.4 Å². The number of hydrogen-bond acceptors (Lipinski definition) is 4. The normalized spacial score (nSPS) is 12.6. The summed E-state index contributed by atoms with van der Waals surface area (Å²) in [7, 11) is 1.37. The molecule has 5 heteroatoms. The monoisotopic (exact) mass is 511 g/mol. The van der Waals surface area contributed by atoms with Crippen molar-refractivity contribution in [2.24, 2.45) is 0 Å². The van der Waals surface area contributed by atoms with E-state index >= 15 is 0 Å². The number of benzene rings is 3. The predicted octanol–water partition coefficient (Wildman–Crippen LogP) is 7.43. The molecule has 4 rings (SSSR count). The zero-order valence-electron chi connectivity index (χ0n) is 23.8. The maximum absolute atomic E-state index is 13.3. The Morgan fingerprint density at radius 2 is 1.34 bits per heavy atom. The third-order valence-corrected chi connectivity index (χ3v) is 7.22. The molecule has 3 aromatic carbocycles. The summed E-state index contributed by atoms with van der Waals surface area (Å²) in [6.07, 6.45) is -1.00. The van der Waals surface area contributed by atoms with Crippen molar-refractivity contribution in [1.29, 1.82) is 0 Å². The van der Waals surface area contributed by atoms with E-state index in [9.17, 15) is 9.59 Å². The molecule has 5 nitrogen and oxygen atoms in total. The summed E-state index contributed by atoms with van der Waals surface area (Å²) in [6.45, 7) is 16.1. The van der Waals surface area contributed by atoms with Crippen LogP contribution in [0, 0.1) is 34.6 Å². The van der Waals surface area contributed by atoms with Crippen LogP contribution in [0.4, 0.5) is 0 Å². The first kappa shape index (κ1) is 27.3. The maximum atomic E-state index is 13.3. The molecule has 0 radical (unpaired) electrons. The Morgan fingerprint density at radius 1 is 0.789 bits per heavy atom. The van der Waals surface area contributed by atoms with E-state index in [4.69, 9.17) is 9.47 Å². The Balaban J connectivity index is 2.25. The van der Waals surface area contributed by atoms with E-state index < -0.39 is 17.7 Å². The standard InChI is InChI=1S/C33H37NO4/c1-18-10-12-23(16-20(18)3)27-22(5)28(24-13-11-19(2)21(4)17-24)30-25(14-15-26(35)34-30)29(27)31(32(36)37-9)38-33(6,7)8/h10-17,31H,1-9H3,(H,34,35). The number of carbonyl (C=O) groups is 1. The first-order valence-corrected chi connectivity index (χ1v) is 12.9. The molecule has 0 saturated carbocycles. The molecule has 0 spiro atoms. The molecule has 0 aliphatic heterocycles. The molecule has 0 aliphatic carbocycles. The molecule has 1 unspecified atom stereocenters. The molecule has 0 amide bonds. The fourth-order valence-electron chi connectivity index (χ4n) is 5.03. The number of nitrogens with one attached hydrogen (secondary N) is 1. The van der Waals surface area contributed by atoms with Gasteiger partial charge in [0.2, 0.25) is 5.56 Å². The van der Waals surface area contributed by atoms with Gasteiger partial charge in [0.25, 0.3) is 0 Å². The largest absolute Gasteiger partial charge is 0.467 e. The fourth-order valence-corrected chi connectivity index (χ4v) is 5.03. The fraction of sp³-hybridized carbons (Fsp3) is 0.333. The molecule has 198 valence electrons. The van der Waals surface area contributed by atoms with Crippen molar-refractivity contribution in [2.75, 3.05) is 7.11 Å². The van der Waals surface area contributed by atoms with Crippen LogP contribution in [0.3, 0.4) is 0 Å². The average molecular weight is 512 g/mol. The molecule has 0 aliphatic rings. The van der Waals surface area contributed by atoms with Crippen LogP contribution in [-0.2, 0) is 14.3 Å². The Kier molecular flexibility index (Phi) is 7.35. The van der Waals surface area contributed by atoms with Crippen LogP contribution in [0.25, 0.3) is 33.2 Å². The van der Waals surface area contributed by atoms with Gasteiger partial charge in [-0.05, 0) is 106 Å². The second kappa shape index (κ2) is 10.2. The third kappa shape index (κ3) is 5.16. The number of methoxy groups -OCH3 is 1. The van der Waals surface area contributed by atoms with Gasteiger partial charge in [-0.3, -0.25) is 4.79 Å². The smallest absolute Gasteiger partial charge is 0.339 e. The lowest BCUT2D eigenvalue weighted by Crippen LogP contribution is -2.29. The zero-order valence-corrected chi connectivity index (χ0v) is 23.8. The number of aromatic amines is 1. The van der Waals surface area contributed by atoms with E-state index in [1.807, 2.05) is 20.8 Å². The second-order valence-corrected chi connectivity index (χ2v) is 11.1. The summed E-state index contributed by atoms with van der Waals surface area (Å²) in [5.41, 5.74) is 9.96. The van der Waals surface area contributed by atoms with Gasteiger partial charge < -0.3 is 14.5 Å². The number of aryl methyl sites for hydroxylation is 4. The predicted molar refractivity (Wildman–Crippen MR) is 155 cm³/mol. The van der Waals surface area contributed by atoms with Crippen molar-refractivity contribution < 1.29 is 14.3 Å². The van der Waals surface area contributed by atoms with Crippen molar-refractivity contribution in [3.8, 4) is 22.3 Å². The molecule has 4 aromatic rings. The summed E-state index contributed by atoms with van der Waals surface area (Å²) in [5.74, 6) is -0.490. The lowest BCUT2D eigenvalue weighted by atomic mass is 9.82. The Hall–Kier alpha value is -3.70. The number of rotatable bonds is 5. The highest BCUT2D eigenvalue weighted by molar-refractivity contribution is 6.05.